The minimum atomic E-state index is -1.29. The van der Waals surface area contributed by atoms with Crippen molar-refractivity contribution in [3.8, 4) is 5.75 Å². The Kier molecular flexibility index (Phi) is 4.17. The van der Waals surface area contributed by atoms with Gasteiger partial charge in [0.05, 0.1) is 0 Å². The first-order chi connectivity index (χ1) is 6.76. The summed E-state index contributed by atoms with van der Waals surface area (Å²) >= 11 is 0. The van der Waals surface area contributed by atoms with Crippen LogP contribution in [-0.4, -0.2) is 6.36 Å². The first-order valence-electron chi connectivity index (χ1n) is 4.76. The molecule has 2 heteroatoms. The van der Waals surface area contributed by atoms with Crippen LogP contribution in [0.15, 0.2) is 36.9 Å². The van der Waals surface area contributed by atoms with Crippen LogP contribution in [-0.2, 0) is 6.42 Å². The quantitative estimate of drug-likeness (QED) is 0.652. The van der Waals surface area contributed by atoms with E-state index in [1.807, 2.05) is 18.2 Å². The Morgan fingerprint density at radius 1 is 1.57 bits per heavy atom. The molecule has 0 saturated carbocycles. The van der Waals surface area contributed by atoms with Crippen LogP contribution in [0.3, 0.4) is 0 Å². The molecule has 0 amide bonds. The first-order valence-corrected chi connectivity index (χ1v) is 4.76. The molecule has 0 N–H and O–H groups in total. The van der Waals surface area contributed by atoms with Gasteiger partial charge in [-0.2, -0.15) is 0 Å². The molecule has 0 aliphatic carbocycles. The van der Waals surface area contributed by atoms with Gasteiger partial charge in [-0.05, 0) is 24.1 Å². The molecule has 1 rings (SSSR count). The topological polar surface area (TPSA) is 9.23 Å². The van der Waals surface area contributed by atoms with E-state index in [1.54, 1.807) is 6.07 Å². The molecule has 0 fully saturated rings. The number of hydrogen-bond donors (Lipinski definition) is 0. The molecule has 1 nitrogen and oxygen atoms in total. The monoisotopic (exact) mass is 194 g/mol. The third-order valence-electron chi connectivity index (χ3n) is 1.92. The van der Waals surface area contributed by atoms with Crippen LogP contribution in [0.1, 0.15) is 18.9 Å². The summed E-state index contributed by atoms with van der Waals surface area (Å²) in [5.41, 5.74) is 1.15. The van der Waals surface area contributed by atoms with Crippen LogP contribution < -0.4 is 4.74 Å². The lowest BCUT2D eigenvalue weighted by molar-refractivity contribution is 0.0706. The Morgan fingerprint density at radius 2 is 2.36 bits per heavy atom. The normalized spacial score (nSPS) is 12.1. The number of benzene rings is 1. The fourth-order valence-electron chi connectivity index (χ4n) is 1.17. The molecule has 0 bridgehead atoms. The molecule has 1 atom stereocenters. The Bertz CT molecular complexity index is 296. The second kappa shape index (κ2) is 5.43. The highest BCUT2D eigenvalue weighted by Gasteiger charge is 2.05. The molecular formula is C12H15FO. The summed E-state index contributed by atoms with van der Waals surface area (Å²) in [4.78, 5) is 0. The molecule has 76 valence electrons. The fraction of sp³-hybridized carbons (Fsp3) is 0.333. The predicted molar refractivity (Wildman–Crippen MR) is 56.2 cm³/mol. The van der Waals surface area contributed by atoms with Gasteiger partial charge < -0.3 is 4.74 Å². The van der Waals surface area contributed by atoms with Gasteiger partial charge in [0, 0.05) is 6.42 Å². The lowest BCUT2D eigenvalue weighted by atomic mass is 10.2. The van der Waals surface area contributed by atoms with Crippen LogP contribution in [0.5, 0.6) is 5.75 Å². The van der Waals surface area contributed by atoms with Crippen LogP contribution >= 0.6 is 0 Å². The molecule has 0 aromatic heterocycles. The van der Waals surface area contributed by atoms with Crippen molar-refractivity contribution in [2.45, 2.75) is 26.1 Å². The minimum absolute atomic E-state index is 0.219. The average Bonchev–Trinajstić information content (AvgIpc) is 2.18. The zero-order valence-electron chi connectivity index (χ0n) is 8.37. The predicted octanol–water partition coefficient (Wildman–Crippen LogP) is 3.50. The molecule has 0 aliphatic heterocycles. The molecule has 1 unspecified atom stereocenters. The van der Waals surface area contributed by atoms with Gasteiger partial charge in [-0.25, -0.2) is 4.39 Å². The maximum atomic E-state index is 13.0. The molecule has 0 saturated heterocycles. The number of ether oxygens (including phenoxy) is 1. The van der Waals surface area contributed by atoms with E-state index in [9.17, 15) is 4.39 Å². The average molecular weight is 194 g/mol. The van der Waals surface area contributed by atoms with Crippen molar-refractivity contribution in [3.63, 3.8) is 0 Å². The Labute approximate surface area is 84.2 Å². The van der Waals surface area contributed by atoms with E-state index in [0.717, 1.165) is 12.0 Å². The van der Waals surface area contributed by atoms with E-state index in [-0.39, 0.29) is 6.42 Å². The highest BCUT2D eigenvalue weighted by molar-refractivity contribution is 5.28. The highest BCUT2D eigenvalue weighted by Crippen LogP contribution is 2.16. The van der Waals surface area contributed by atoms with Gasteiger partial charge in [-0.3, -0.25) is 0 Å². The van der Waals surface area contributed by atoms with Crippen molar-refractivity contribution in [2.24, 2.45) is 0 Å². The van der Waals surface area contributed by atoms with Crippen LogP contribution in [0.25, 0.3) is 0 Å². The Morgan fingerprint density at radius 3 is 3.00 bits per heavy atom. The lowest BCUT2D eigenvalue weighted by Gasteiger charge is -2.10. The standard InChI is InChI=1S/C12H15FO/c1-3-6-12(13)14-11-8-5-7-10(4-2)9-11/h3,5,7-9,12H,1,4,6H2,2H3. The molecule has 0 radical (unpaired) electrons. The second-order valence-corrected chi connectivity index (χ2v) is 3.05. The molecule has 0 spiro atoms. The second-order valence-electron chi connectivity index (χ2n) is 3.05. The Balaban J connectivity index is 2.61. The first kappa shape index (κ1) is 10.8. The molecule has 1 aromatic rings. The van der Waals surface area contributed by atoms with Gasteiger partial charge in [0.2, 0.25) is 6.36 Å². The van der Waals surface area contributed by atoms with Gasteiger partial charge in [-0.15, -0.1) is 6.58 Å². The smallest absolute Gasteiger partial charge is 0.241 e. The van der Waals surface area contributed by atoms with Gasteiger partial charge in [0.25, 0.3) is 0 Å². The SMILES string of the molecule is C=CCC(F)Oc1cccc(CC)c1. The third-order valence-corrected chi connectivity index (χ3v) is 1.92. The van der Waals surface area contributed by atoms with E-state index in [1.165, 1.54) is 6.08 Å². The molecular weight excluding hydrogens is 179 g/mol. The van der Waals surface area contributed by atoms with Crippen LogP contribution in [0.4, 0.5) is 4.39 Å². The van der Waals surface area contributed by atoms with Crippen molar-refractivity contribution in [1.29, 1.82) is 0 Å². The molecule has 14 heavy (non-hydrogen) atoms. The van der Waals surface area contributed by atoms with Gasteiger partial charge in [0.15, 0.2) is 0 Å². The van der Waals surface area contributed by atoms with E-state index < -0.39 is 6.36 Å². The number of halogens is 1. The highest BCUT2D eigenvalue weighted by atomic mass is 19.1. The summed E-state index contributed by atoms with van der Waals surface area (Å²) in [5.74, 6) is 0.582. The van der Waals surface area contributed by atoms with Crippen LogP contribution in [0, 0.1) is 0 Å². The summed E-state index contributed by atoms with van der Waals surface area (Å²) in [6.45, 7) is 5.51. The van der Waals surface area contributed by atoms with Crippen molar-refractivity contribution >= 4 is 0 Å². The summed E-state index contributed by atoms with van der Waals surface area (Å²) < 4.78 is 18.1. The lowest BCUT2D eigenvalue weighted by Crippen LogP contribution is -2.08. The summed E-state index contributed by atoms with van der Waals surface area (Å²) in [6, 6.07) is 7.48. The van der Waals surface area contributed by atoms with Crippen LogP contribution in [0.2, 0.25) is 0 Å². The molecule has 0 heterocycles. The van der Waals surface area contributed by atoms with Crippen molar-refractivity contribution in [2.75, 3.05) is 0 Å². The van der Waals surface area contributed by atoms with Gasteiger partial charge in [-0.1, -0.05) is 25.1 Å². The van der Waals surface area contributed by atoms with E-state index in [0.29, 0.717) is 5.75 Å². The van der Waals surface area contributed by atoms with Crippen molar-refractivity contribution in [1.82, 2.24) is 0 Å². The van der Waals surface area contributed by atoms with Crippen molar-refractivity contribution in [3.05, 3.63) is 42.5 Å². The maximum Gasteiger partial charge on any atom is 0.241 e. The largest absolute Gasteiger partial charge is 0.460 e. The molecule has 0 aliphatic rings. The van der Waals surface area contributed by atoms with E-state index >= 15 is 0 Å². The Hall–Kier alpha value is -1.31. The maximum absolute atomic E-state index is 13.0. The minimum Gasteiger partial charge on any atom is -0.460 e. The number of aryl methyl sites for hydroxylation is 1. The fourth-order valence-corrected chi connectivity index (χ4v) is 1.17. The number of alkyl halides is 1. The number of hydrogen-bond acceptors (Lipinski definition) is 1. The zero-order chi connectivity index (χ0) is 10.4. The van der Waals surface area contributed by atoms with Crippen molar-refractivity contribution < 1.29 is 9.13 Å². The summed E-state index contributed by atoms with van der Waals surface area (Å²) in [7, 11) is 0. The number of rotatable bonds is 5. The molecule has 1 aromatic carbocycles. The zero-order valence-corrected chi connectivity index (χ0v) is 8.37. The van der Waals surface area contributed by atoms with Gasteiger partial charge in [0.1, 0.15) is 5.75 Å². The van der Waals surface area contributed by atoms with E-state index in [2.05, 4.69) is 13.5 Å². The van der Waals surface area contributed by atoms with Gasteiger partial charge >= 0.3 is 0 Å². The van der Waals surface area contributed by atoms with E-state index in [4.69, 9.17) is 4.74 Å². The summed E-state index contributed by atoms with van der Waals surface area (Å²) in [5, 5.41) is 0. The third kappa shape index (κ3) is 3.21. The summed E-state index contributed by atoms with van der Waals surface area (Å²) in [6.07, 6.45) is 1.36.